The third kappa shape index (κ3) is 5.73. The number of aromatic nitrogens is 1. The van der Waals surface area contributed by atoms with E-state index in [4.69, 9.17) is 5.73 Å². The fourth-order valence-corrected chi connectivity index (χ4v) is 4.59. The number of rotatable bonds is 6. The number of piperazine rings is 1. The van der Waals surface area contributed by atoms with Crippen molar-refractivity contribution in [3.05, 3.63) is 16.1 Å². The molecule has 0 spiro atoms. The average Bonchev–Trinajstić information content (AvgIpc) is 3.13. The summed E-state index contributed by atoms with van der Waals surface area (Å²) in [5.41, 5.74) is 6.06. The van der Waals surface area contributed by atoms with Crippen LogP contribution in [0.1, 0.15) is 48.1 Å². The molecule has 0 atom stereocenters. The van der Waals surface area contributed by atoms with Crippen LogP contribution in [-0.4, -0.2) is 71.9 Å². The van der Waals surface area contributed by atoms with Crippen LogP contribution in [0.5, 0.6) is 0 Å². The van der Waals surface area contributed by atoms with E-state index in [-0.39, 0.29) is 11.8 Å². The van der Waals surface area contributed by atoms with Gasteiger partial charge in [-0.25, -0.2) is 4.98 Å². The van der Waals surface area contributed by atoms with Crippen LogP contribution < -0.4 is 11.1 Å². The number of carbonyl (C=O) groups is 2. The topological polar surface area (TPSA) is 91.6 Å². The summed E-state index contributed by atoms with van der Waals surface area (Å²) in [7, 11) is 0. The summed E-state index contributed by atoms with van der Waals surface area (Å²) in [5.74, 6) is 0.878. The number of carbonyl (C=O) groups excluding carboxylic acids is 2. The SMILES string of the molecule is CC1CCC(NC(=O)CN2CCN(C(=O)c3csc(CCN)n3)CC2)CC1. The predicted molar refractivity (Wildman–Crippen MR) is 107 cm³/mol. The van der Waals surface area contributed by atoms with Gasteiger partial charge in [-0.2, -0.15) is 0 Å². The van der Waals surface area contributed by atoms with Gasteiger partial charge < -0.3 is 16.0 Å². The van der Waals surface area contributed by atoms with E-state index in [0.29, 0.717) is 44.3 Å². The molecule has 150 valence electrons. The zero-order valence-electron chi connectivity index (χ0n) is 16.2. The van der Waals surface area contributed by atoms with E-state index in [2.05, 4.69) is 22.1 Å². The van der Waals surface area contributed by atoms with Crippen molar-refractivity contribution < 1.29 is 9.59 Å². The fourth-order valence-electron chi connectivity index (χ4n) is 3.80. The van der Waals surface area contributed by atoms with Gasteiger partial charge in [0.25, 0.3) is 5.91 Å². The Morgan fingerprint density at radius 1 is 1.22 bits per heavy atom. The molecule has 0 radical (unpaired) electrons. The molecule has 1 aliphatic heterocycles. The second kappa shape index (κ2) is 9.61. The molecule has 2 heterocycles. The summed E-state index contributed by atoms with van der Waals surface area (Å²) in [6, 6.07) is 0.337. The molecule has 1 aromatic heterocycles. The van der Waals surface area contributed by atoms with Crippen molar-refractivity contribution in [3.8, 4) is 0 Å². The van der Waals surface area contributed by atoms with E-state index in [0.717, 1.165) is 36.9 Å². The van der Waals surface area contributed by atoms with Crippen molar-refractivity contribution in [3.63, 3.8) is 0 Å². The van der Waals surface area contributed by atoms with Crippen molar-refractivity contribution >= 4 is 23.2 Å². The maximum absolute atomic E-state index is 12.6. The second-order valence-corrected chi connectivity index (χ2v) is 8.70. The lowest BCUT2D eigenvalue weighted by Gasteiger charge is -2.34. The Morgan fingerprint density at radius 3 is 2.59 bits per heavy atom. The van der Waals surface area contributed by atoms with Gasteiger partial charge in [-0.1, -0.05) is 6.92 Å². The molecule has 0 bridgehead atoms. The first kappa shape index (κ1) is 20.2. The normalized spacial score (nSPS) is 24.0. The first-order chi connectivity index (χ1) is 13.0. The molecule has 0 aromatic carbocycles. The Bertz CT molecular complexity index is 634. The molecule has 27 heavy (non-hydrogen) atoms. The van der Waals surface area contributed by atoms with E-state index in [1.54, 1.807) is 0 Å². The molecule has 1 aromatic rings. The third-order valence-electron chi connectivity index (χ3n) is 5.54. The Kier molecular flexibility index (Phi) is 7.20. The highest BCUT2D eigenvalue weighted by Crippen LogP contribution is 2.23. The van der Waals surface area contributed by atoms with E-state index >= 15 is 0 Å². The highest BCUT2D eigenvalue weighted by Gasteiger charge is 2.26. The molecular weight excluding hydrogens is 362 g/mol. The summed E-state index contributed by atoms with van der Waals surface area (Å²) >= 11 is 1.49. The lowest BCUT2D eigenvalue weighted by molar-refractivity contribution is -0.123. The lowest BCUT2D eigenvalue weighted by Crippen LogP contribution is -2.52. The number of nitrogens with one attached hydrogen (secondary N) is 1. The number of hydrogen-bond donors (Lipinski definition) is 2. The van der Waals surface area contributed by atoms with Gasteiger partial charge >= 0.3 is 0 Å². The molecule has 3 rings (SSSR count). The number of nitrogens with zero attached hydrogens (tertiary/aromatic N) is 3. The van der Waals surface area contributed by atoms with E-state index in [1.165, 1.54) is 24.2 Å². The Labute approximate surface area is 165 Å². The van der Waals surface area contributed by atoms with Crippen LogP contribution >= 0.6 is 11.3 Å². The predicted octanol–water partition coefficient (Wildman–Crippen LogP) is 1.10. The van der Waals surface area contributed by atoms with Crippen LogP contribution in [0.25, 0.3) is 0 Å². The van der Waals surface area contributed by atoms with Gasteiger partial charge in [0, 0.05) is 44.0 Å². The summed E-state index contributed by atoms with van der Waals surface area (Å²) in [4.78, 5) is 33.2. The van der Waals surface area contributed by atoms with Crippen LogP contribution in [-0.2, 0) is 11.2 Å². The maximum Gasteiger partial charge on any atom is 0.273 e. The molecule has 2 fully saturated rings. The smallest absolute Gasteiger partial charge is 0.273 e. The van der Waals surface area contributed by atoms with Gasteiger partial charge in [0.2, 0.25) is 5.91 Å². The summed E-state index contributed by atoms with van der Waals surface area (Å²) in [5, 5.41) is 5.91. The van der Waals surface area contributed by atoms with E-state index in [1.807, 2.05) is 10.3 Å². The van der Waals surface area contributed by atoms with Crippen LogP contribution in [0.3, 0.4) is 0 Å². The minimum Gasteiger partial charge on any atom is -0.352 e. The van der Waals surface area contributed by atoms with Crippen LogP contribution in [0.2, 0.25) is 0 Å². The first-order valence-electron chi connectivity index (χ1n) is 10.0. The van der Waals surface area contributed by atoms with Gasteiger partial charge in [-0.05, 0) is 38.1 Å². The molecule has 0 unspecified atom stereocenters. The first-order valence-corrected chi connectivity index (χ1v) is 10.9. The van der Waals surface area contributed by atoms with E-state index in [9.17, 15) is 9.59 Å². The van der Waals surface area contributed by atoms with Crippen molar-refractivity contribution in [1.29, 1.82) is 0 Å². The number of amides is 2. The van der Waals surface area contributed by atoms with Crippen molar-refractivity contribution in [2.24, 2.45) is 11.7 Å². The minimum absolute atomic E-state index is 0.0186. The Morgan fingerprint density at radius 2 is 1.93 bits per heavy atom. The third-order valence-corrected chi connectivity index (χ3v) is 6.45. The molecule has 1 saturated carbocycles. The van der Waals surface area contributed by atoms with Gasteiger partial charge in [0.15, 0.2) is 0 Å². The highest BCUT2D eigenvalue weighted by molar-refractivity contribution is 7.09. The largest absolute Gasteiger partial charge is 0.352 e. The van der Waals surface area contributed by atoms with Crippen molar-refractivity contribution in [2.75, 3.05) is 39.3 Å². The fraction of sp³-hybridized carbons (Fsp3) is 0.737. The quantitative estimate of drug-likeness (QED) is 0.755. The summed E-state index contributed by atoms with van der Waals surface area (Å²) in [6.07, 6.45) is 5.30. The van der Waals surface area contributed by atoms with Crippen LogP contribution in [0, 0.1) is 5.92 Å². The zero-order chi connectivity index (χ0) is 19.2. The monoisotopic (exact) mass is 393 g/mol. The van der Waals surface area contributed by atoms with Crippen molar-refractivity contribution in [1.82, 2.24) is 20.1 Å². The van der Waals surface area contributed by atoms with Gasteiger partial charge in [0.05, 0.1) is 11.6 Å². The molecule has 7 nitrogen and oxygen atoms in total. The van der Waals surface area contributed by atoms with Gasteiger partial charge in [-0.15, -0.1) is 11.3 Å². The van der Waals surface area contributed by atoms with Gasteiger partial charge in [-0.3, -0.25) is 14.5 Å². The summed E-state index contributed by atoms with van der Waals surface area (Å²) < 4.78 is 0. The van der Waals surface area contributed by atoms with Crippen LogP contribution in [0.15, 0.2) is 5.38 Å². The lowest BCUT2D eigenvalue weighted by atomic mass is 9.87. The zero-order valence-corrected chi connectivity index (χ0v) is 17.0. The van der Waals surface area contributed by atoms with Crippen molar-refractivity contribution in [2.45, 2.75) is 45.1 Å². The Hall–Kier alpha value is -1.51. The molecular formula is C19H31N5O2S. The maximum atomic E-state index is 12.6. The molecule has 2 amide bonds. The number of thiazole rings is 1. The molecule has 1 saturated heterocycles. The standard InChI is InChI=1S/C19H31N5O2S/c1-14-2-4-15(5-3-14)21-17(25)12-23-8-10-24(11-9-23)19(26)16-13-27-18(22-16)6-7-20/h13-15H,2-12,20H2,1H3,(H,21,25). The average molecular weight is 394 g/mol. The van der Waals surface area contributed by atoms with E-state index < -0.39 is 0 Å². The van der Waals surface area contributed by atoms with Crippen LogP contribution in [0.4, 0.5) is 0 Å². The summed E-state index contributed by atoms with van der Waals surface area (Å²) in [6.45, 7) is 5.96. The van der Waals surface area contributed by atoms with Gasteiger partial charge in [0.1, 0.15) is 5.69 Å². The molecule has 2 aliphatic rings. The molecule has 3 N–H and O–H groups in total. The Balaban J connectivity index is 1.40. The number of nitrogens with two attached hydrogens (primary N) is 1. The second-order valence-electron chi connectivity index (χ2n) is 7.76. The highest BCUT2D eigenvalue weighted by atomic mass is 32.1. The molecule has 1 aliphatic carbocycles. The number of hydrogen-bond acceptors (Lipinski definition) is 6. The molecule has 8 heteroatoms. The minimum atomic E-state index is -0.0186.